The molecule has 0 aliphatic carbocycles. The Morgan fingerprint density at radius 3 is 2.76 bits per heavy atom. The van der Waals surface area contributed by atoms with Gasteiger partial charge in [-0.05, 0) is 19.4 Å². The lowest BCUT2D eigenvalue weighted by molar-refractivity contribution is -0.138. The molecule has 8 nitrogen and oxygen atoms in total. The maximum atomic E-state index is 12.4. The first-order chi connectivity index (χ1) is 9.93. The predicted molar refractivity (Wildman–Crippen MR) is 72.4 cm³/mol. The first kappa shape index (κ1) is 14.9. The van der Waals surface area contributed by atoms with E-state index in [9.17, 15) is 19.2 Å². The molecule has 3 amide bonds. The van der Waals surface area contributed by atoms with Crippen molar-refractivity contribution in [2.24, 2.45) is 0 Å². The Balaban J connectivity index is 2.31. The lowest BCUT2D eigenvalue weighted by Crippen LogP contribution is -2.58. The van der Waals surface area contributed by atoms with Gasteiger partial charge in [0.25, 0.3) is 11.5 Å². The highest BCUT2D eigenvalue weighted by atomic mass is 16.2. The molecule has 0 spiro atoms. The summed E-state index contributed by atoms with van der Waals surface area (Å²) in [6.07, 6.45) is 0.700. The average Bonchev–Trinajstić information content (AvgIpc) is 2.44. The number of hydrogen-bond donors (Lipinski definition) is 1. The van der Waals surface area contributed by atoms with Gasteiger partial charge in [0.1, 0.15) is 18.3 Å². The number of amides is 3. The highest BCUT2D eigenvalue weighted by molar-refractivity contribution is 6.06. The Morgan fingerprint density at radius 2 is 2.10 bits per heavy atom. The van der Waals surface area contributed by atoms with Crippen LogP contribution in [0.3, 0.4) is 0 Å². The summed E-state index contributed by atoms with van der Waals surface area (Å²) in [5.41, 5.74) is -0.258. The summed E-state index contributed by atoms with van der Waals surface area (Å²) in [4.78, 5) is 48.1. The summed E-state index contributed by atoms with van der Waals surface area (Å²) in [5, 5.41) is 6.15. The number of carbonyl (C=O) groups excluding carboxylic acids is 3. The lowest BCUT2D eigenvalue weighted by atomic mass is 10.2. The zero-order valence-electron chi connectivity index (χ0n) is 11.8. The molecule has 112 valence electrons. The molecule has 1 aliphatic heterocycles. The minimum Gasteiger partial charge on any atom is -0.316 e. The van der Waals surface area contributed by atoms with Crippen LogP contribution < -0.4 is 10.9 Å². The average molecular weight is 292 g/mol. The first-order valence-corrected chi connectivity index (χ1v) is 6.67. The maximum absolute atomic E-state index is 12.4. The Morgan fingerprint density at radius 1 is 1.38 bits per heavy atom. The highest BCUT2D eigenvalue weighted by Crippen LogP contribution is 2.09. The van der Waals surface area contributed by atoms with Gasteiger partial charge in [-0.15, -0.1) is 0 Å². The van der Waals surface area contributed by atoms with Gasteiger partial charge in [0.15, 0.2) is 0 Å². The lowest BCUT2D eigenvalue weighted by Gasteiger charge is -2.31. The van der Waals surface area contributed by atoms with Crippen molar-refractivity contribution in [3.05, 3.63) is 28.2 Å². The molecule has 2 rings (SSSR count). The smallest absolute Gasteiger partial charge is 0.275 e. The van der Waals surface area contributed by atoms with Crippen LogP contribution >= 0.6 is 0 Å². The Kier molecular flexibility index (Phi) is 4.15. The standard InChI is InChI=1S/C13H16N4O4/c1-3-6-17-11(19)5-4-9(15-17)13(21)16-7-10(18)14-12(20)8(16)2/h4-5,8H,3,6-7H2,1-2H3,(H,14,18,20). The predicted octanol–water partition coefficient (Wildman–Crippen LogP) is -0.860. The number of hydrogen-bond acceptors (Lipinski definition) is 5. The van der Waals surface area contributed by atoms with E-state index in [1.807, 2.05) is 6.92 Å². The molecule has 1 unspecified atom stereocenters. The Labute approximate surface area is 120 Å². The van der Waals surface area contributed by atoms with Gasteiger partial charge in [0.2, 0.25) is 11.8 Å². The van der Waals surface area contributed by atoms with Crippen LogP contribution in [0.2, 0.25) is 0 Å². The second-order valence-electron chi connectivity index (χ2n) is 4.80. The summed E-state index contributed by atoms with van der Waals surface area (Å²) in [6.45, 7) is 3.61. The Bertz CT molecular complexity index is 652. The maximum Gasteiger partial charge on any atom is 0.275 e. The van der Waals surface area contributed by atoms with Crippen molar-refractivity contribution in [2.75, 3.05) is 6.54 Å². The molecule has 0 aromatic carbocycles. The third-order valence-corrected chi connectivity index (χ3v) is 3.21. The van der Waals surface area contributed by atoms with E-state index in [-0.39, 0.29) is 17.8 Å². The summed E-state index contributed by atoms with van der Waals surface area (Å²) < 4.78 is 1.20. The topological polar surface area (TPSA) is 101 Å². The van der Waals surface area contributed by atoms with Crippen molar-refractivity contribution >= 4 is 17.7 Å². The van der Waals surface area contributed by atoms with Crippen LogP contribution in [0.4, 0.5) is 0 Å². The van der Waals surface area contributed by atoms with Crippen LogP contribution in [0.1, 0.15) is 30.8 Å². The molecular formula is C13H16N4O4. The molecule has 1 aromatic heterocycles. The summed E-state index contributed by atoms with van der Waals surface area (Å²) >= 11 is 0. The molecule has 2 heterocycles. The molecule has 1 saturated heterocycles. The molecule has 8 heteroatoms. The molecule has 1 atom stereocenters. The van der Waals surface area contributed by atoms with Crippen LogP contribution in [-0.2, 0) is 16.1 Å². The minimum absolute atomic E-state index is 0.0393. The van der Waals surface area contributed by atoms with Crippen molar-refractivity contribution in [2.45, 2.75) is 32.9 Å². The zero-order valence-corrected chi connectivity index (χ0v) is 11.8. The molecule has 1 aliphatic rings. The second kappa shape index (κ2) is 5.86. The van der Waals surface area contributed by atoms with Crippen LogP contribution in [0.25, 0.3) is 0 Å². The van der Waals surface area contributed by atoms with Crippen LogP contribution in [0.5, 0.6) is 0 Å². The number of nitrogens with one attached hydrogen (secondary N) is 1. The molecule has 0 bridgehead atoms. The van der Waals surface area contributed by atoms with E-state index < -0.39 is 23.8 Å². The van der Waals surface area contributed by atoms with E-state index in [2.05, 4.69) is 10.4 Å². The van der Waals surface area contributed by atoms with Crippen LogP contribution in [0.15, 0.2) is 16.9 Å². The largest absolute Gasteiger partial charge is 0.316 e. The van der Waals surface area contributed by atoms with Crippen molar-refractivity contribution in [3.8, 4) is 0 Å². The molecule has 1 aromatic rings. The van der Waals surface area contributed by atoms with E-state index in [0.717, 1.165) is 4.90 Å². The first-order valence-electron chi connectivity index (χ1n) is 6.67. The highest BCUT2D eigenvalue weighted by Gasteiger charge is 2.34. The number of piperazine rings is 1. The fraction of sp³-hybridized carbons (Fsp3) is 0.462. The number of aromatic nitrogens is 2. The SMILES string of the molecule is CCCn1nc(C(=O)N2CC(=O)NC(=O)C2C)ccc1=O. The third kappa shape index (κ3) is 2.99. The minimum atomic E-state index is -0.761. The van der Waals surface area contributed by atoms with Crippen LogP contribution in [0, 0.1) is 0 Å². The molecule has 0 radical (unpaired) electrons. The normalized spacial score (nSPS) is 18.6. The van der Waals surface area contributed by atoms with Crippen molar-refractivity contribution < 1.29 is 14.4 Å². The summed E-state index contributed by atoms with van der Waals surface area (Å²) in [7, 11) is 0. The van der Waals surface area contributed by atoms with Crippen molar-refractivity contribution in [3.63, 3.8) is 0 Å². The quantitative estimate of drug-likeness (QED) is 0.730. The number of aryl methyl sites for hydroxylation is 1. The molecule has 0 saturated carbocycles. The molecular weight excluding hydrogens is 276 g/mol. The van der Waals surface area contributed by atoms with Gasteiger partial charge in [-0.25, -0.2) is 4.68 Å². The van der Waals surface area contributed by atoms with Crippen molar-refractivity contribution in [1.29, 1.82) is 0 Å². The van der Waals surface area contributed by atoms with Crippen LogP contribution in [-0.4, -0.2) is 45.0 Å². The van der Waals surface area contributed by atoms with Crippen molar-refractivity contribution in [1.82, 2.24) is 20.0 Å². The number of rotatable bonds is 3. The number of imide groups is 1. The molecule has 1 N–H and O–H groups in total. The monoisotopic (exact) mass is 292 g/mol. The fourth-order valence-electron chi connectivity index (χ4n) is 2.04. The van der Waals surface area contributed by atoms with Gasteiger partial charge >= 0.3 is 0 Å². The summed E-state index contributed by atoms with van der Waals surface area (Å²) in [6, 6.07) is 1.80. The fourth-order valence-corrected chi connectivity index (χ4v) is 2.04. The molecule has 1 fully saturated rings. The van der Waals surface area contributed by atoms with Gasteiger partial charge in [-0.1, -0.05) is 6.92 Å². The van der Waals surface area contributed by atoms with E-state index in [4.69, 9.17) is 0 Å². The number of carbonyl (C=O) groups is 3. The van der Waals surface area contributed by atoms with Gasteiger partial charge in [0, 0.05) is 12.6 Å². The Hall–Kier alpha value is -2.51. The summed E-state index contributed by atoms with van der Waals surface area (Å²) in [5.74, 6) is -1.61. The van der Waals surface area contributed by atoms with Gasteiger partial charge in [-0.2, -0.15) is 5.10 Å². The molecule has 21 heavy (non-hydrogen) atoms. The van der Waals surface area contributed by atoms with E-state index >= 15 is 0 Å². The third-order valence-electron chi connectivity index (χ3n) is 3.21. The van der Waals surface area contributed by atoms with E-state index in [1.165, 1.54) is 23.7 Å². The van der Waals surface area contributed by atoms with Gasteiger partial charge in [0.05, 0.1) is 0 Å². The zero-order chi connectivity index (χ0) is 15.6. The second-order valence-corrected chi connectivity index (χ2v) is 4.80. The van der Waals surface area contributed by atoms with Gasteiger partial charge in [-0.3, -0.25) is 24.5 Å². The van der Waals surface area contributed by atoms with Gasteiger partial charge < -0.3 is 4.90 Å². The number of nitrogens with zero attached hydrogens (tertiary/aromatic N) is 3. The van der Waals surface area contributed by atoms with E-state index in [0.29, 0.717) is 13.0 Å². The van der Waals surface area contributed by atoms with E-state index in [1.54, 1.807) is 0 Å².